The molecule has 0 saturated heterocycles. The van der Waals surface area contributed by atoms with Crippen LogP contribution in [-0.2, 0) is 35.5 Å². The Morgan fingerprint density at radius 1 is 1.10 bits per heavy atom. The predicted molar refractivity (Wildman–Crippen MR) is 143 cm³/mol. The Morgan fingerprint density at radius 3 is 2.27 bits per heavy atom. The van der Waals surface area contributed by atoms with Crippen LogP contribution in [0.25, 0.3) is 0 Å². The third-order valence-corrected chi connectivity index (χ3v) is 7.56. The Hall–Kier alpha value is -3.78. The first kappa shape index (κ1) is 31.7. The summed E-state index contributed by atoms with van der Waals surface area (Å²) in [5, 5.41) is 2.65. The van der Waals surface area contributed by atoms with Gasteiger partial charge in [0.25, 0.3) is 11.8 Å². The standard InChI is InChI=1S/C26H28ClF2N3O8S/c1-25(2,3)39-24(36)30-18-13-41(37,38)20-11-17(28)16(21(33)31-40-23(35)26(4,5)29)10-19(20)32(22(18)34)12-14-6-8-15(27)9-7-14/h6-11,18H,12-13H2,1-5H3,(H,30,36)(H,31,33)/t18-/m0/s1. The van der Waals surface area contributed by atoms with E-state index in [1.54, 1.807) is 38.4 Å². The van der Waals surface area contributed by atoms with E-state index in [0.29, 0.717) is 16.7 Å². The van der Waals surface area contributed by atoms with Gasteiger partial charge in [0, 0.05) is 5.02 Å². The van der Waals surface area contributed by atoms with Gasteiger partial charge in [0.05, 0.1) is 28.4 Å². The number of nitrogens with one attached hydrogen (secondary N) is 2. The molecule has 0 fully saturated rings. The third-order valence-electron chi connectivity index (χ3n) is 5.54. The molecule has 2 N–H and O–H groups in total. The van der Waals surface area contributed by atoms with Crippen LogP contribution in [0, 0.1) is 5.82 Å². The van der Waals surface area contributed by atoms with Crippen LogP contribution in [0.3, 0.4) is 0 Å². The maximum Gasteiger partial charge on any atom is 0.408 e. The summed E-state index contributed by atoms with van der Waals surface area (Å²) < 4.78 is 60.7. The quantitative estimate of drug-likeness (QED) is 0.485. The van der Waals surface area contributed by atoms with Crippen LogP contribution in [-0.4, -0.2) is 55.4 Å². The van der Waals surface area contributed by atoms with Gasteiger partial charge in [-0.05, 0) is 64.4 Å². The zero-order valence-corrected chi connectivity index (χ0v) is 24.3. The second-order valence-electron chi connectivity index (χ2n) is 10.6. The van der Waals surface area contributed by atoms with Gasteiger partial charge in [-0.3, -0.25) is 9.59 Å². The van der Waals surface area contributed by atoms with Gasteiger partial charge in [-0.15, -0.1) is 0 Å². The van der Waals surface area contributed by atoms with Gasteiger partial charge in [0.2, 0.25) is 5.67 Å². The third kappa shape index (κ3) is 7.91. The second-order valence-corrected chi connectivity index (χ2v) is 13.1. The summed E-state index contributed by atoms with van der Waals surface area (Å²) in [6, 6.07) is 5.84. The number of anilines is 1. The maximum atomic E-state index is 15.1. The number of sulfone groups is 1. The number of alkyl carbamates (subject to hydrolysis) is 1. The van der Waals surface area contributed by atoms with Crippen LogP contribution in [0.5, 0.6) is 0 Å². The summed E-state index contributed by atoms with van der Waals surface area (Å²) >= 11 is 5.95. The summed E-state index contributed by atoms with van der Waals surface area (Å²) in [4.78, 5) is 55.3. The molecule has 0 spiro atoms. The largest absolute Gasteiger partial charge is 0.444 e. The normalized spacial score (nSPS) is 16.7. The van der Waals surface area contributed by atoms with Gasteiger partial charge in [-0.25, -0.2) is 26.8 Å². The van der Waals surface area contributed by atoms with E-state index in [0.717, 1.165) is 24.8 Å². The Balaban J connectivity index is 2.10. The lowest BCUT2D eigenvalue weighted by atomic mass is 10.1. The first-order valence-corrected chi connectivity index (χ1v) is 14.1. The van der Waals surface area contributed by atoms with E-state index in [1.807, 2.05) is 0 Å². The first-order chi connectivity index (χ1) is 18.8. The van der Waals surface area contributed by atoms with Crippen LogP contribution in [0.1, 0.15) is 50.5 Å². The van der Waals surface area contributed by atoms with Crippen LogP contribution in [0.2, 0.25) is 5.02 Å². The highest BCUT2D eigenvalue weighted by Crippen LogP contribution is 2.34. The zero-order chi connectivity index (χ0) is 30.9. The fourth-order valence-corrected chi connectivity index (χ4v) is 5.36. The molecule has 0 bridgehead atoms. The van der Waals surface area contributed by atoms with Gasteiger partial charge in [0.15, 0.2) is 9.84 Å². The molecule has 41 heavy (non-hydrogen) atoms. The summed E-state index contributed by atoms with van der Waals surface area (Å²) in [6.45, 7) is 6.18. The number of nitrogens with zero attached hydrogens (tertiary/aromatic N) is 1. The molecule has 0 radical (unpaired) electrons. The summed E-state index contributed by atoms with van der Waals surface area (Å²) in [6.07, 6.45) is -1.06. The minimum absolute atomic E-state index is 0.275. The van der Waals surface area contributed by atoms with Gasteiger partial charge < -0.3 is 19.8 Å². The molecule has 1 atom stereocenters. The lowest BCUT2D eigenvalue weighted by Gasteiger charge is -2.27. The number of alkyl halides is 1. The molecule has 3 rings (SSSR count). The van der Waals surface area contributed by atoms with Gasteiger partial charge in [-0.2, -0.15) is 5.48 Å². The molecular formula is C26H28ClF2N3O8S. The average Bonchev–Trinajstić information content (AvgIpc) is 2.90. The number of halogens is 3. The molecule has 0 aliphatic carbocycles. The van der Waals surface area contributed by atoms with Gasteiger partial charge in [-0.1, -0.05) is 23.7 Å². The Labute approximate surface area is 240 Å². The summed E-state index contributed by atoms with van der Waals surface area (Å²) in [5.41, 5.74) is -2.55. The Kier molecular flexibility index (Phi) is 8.99. The number of amides is 3. The van der Waals surface area contributed by atoms with Crippen molar-refractivity contribution in [1.29, 1.82) is 0 Å². The van der Waals surface area contributed by atoms with Crippen molar-refractivity contribution in [3.63, 3.8) is 0 Å². The van der Waals surface area contributed by atoms with Crippen molar-refractivity contribution >= 4 is 51.0 Å². The second kappa shape index (κ2) is 11.6. The molecule has 0 aromatic heterocycles. The number of hydrogen-bond acceptors (Lipinski definition) is 8. The molecule has 15 heteroatoms. The van der Waals surface area contributed by atoms with Crippen molar-refractivity contribution in [2.75, 3.05) is 10.7 Å². The molecule has 222 valence electrons. The van der Waals surface area contributed by atoms with E-state index in [1.165, 1.54) is 12.1 Å². The van der Waals surface area contributed by atoms with Gasteiger partial charge >= 0.3 is 12.1 Å². The molecular weight excluding hydrogens is 588 g/mol. The van der Waals surface area contributed by atoms with Gasteiger partial charge in [0.1, 0.15) is 17.5 Å². The summed E-state index contributed by atoms with van der Waals surface area (Å²) in [7, 11) is -4.45. The first-order valence-electron chi connectivity index (χ1n) is 12.1. The summed E-state index contributed by atoms with van der Waals surface area (Å²) in [5.74, 6) is -6.01. The molecule has 1 aliphatic rings. The predicted octanol–water partition coefficient (Wildman–Crippen LogP) is 3.63. The number of benzene rings is 2. The van der Waals surface area contributed by atoms with E-state index in [2.05, 4.69) is 10.2 Å². The van der Waals surface area contributed by atoms with Crippen molar-refractivity contribution in [3.8, 4) is 0 Å². The van der Waals surface area contributed by atoms with Crippen molar-refractivity contribution in [3.05, 3.63) is 58.4 Å². The highest BCUT2D eigenvalue weighted by atomic mass is 35.5. The minimum Gasteiger partial charge on any atom is -0.444 e. The highest BCUT2D eigenvalue weighted by molar-refractivity contribution is 7.91. The smallest absolute Gasteiger partial charge is 0.408 e. The lowest BCUT2D eigenvalue weighted by Crippen LogP contribution is -2.51. The lowest BCUT2D eigenvalue weighted by molar-refractivity contribution is -0.161. The Morgan fingerprint density at radius 2 is 1.71 bits per heavy atom. The number of hydroxylamine groups is 1. The number of carbonyl (C=O) groups excluding carboxylic acids is 4. The van der Waals surface area contributed by atoms with Crippen molar-refractivity contribution in [2.45, 2.75) is 63.4 Å². The molecule has 2 aromatic rings. The molecule has 1 heterocycles. The van der Waals surface area contributed by atoms with Crippen LogP contribution >= 0.6 is 11.6 Å². The molecule has 11 nitrogen and oxygen atoms in total. The number of fused-ring (bicyclic) bond motifs is 1. The number of ether oxygens (including phenoxy) is 1. The zero-order valence-electron chi connectivity index (χ0n) is 22.7. The van der Waals surface area contributed by atoms with E-state index >= 15 is 4.39 Å². The molecule has 1 aliphatic heterocycles. The van der Waals surface area contributed by atoms with E-state index < -0.39 is 73.1 Å². The van der Waals surface area contributed by atoms with Crippen molar-refractivity contribution < 1.29 is 46.0 Å². The fraction of sp³-hybridized carbons (Fsp3) is 0.385. The van der Waals surface area contributed by atoms with Crippen LogP contribution in [0.4, 0.5) is 19.3 Å². The topological polar surface area (TPSA) is 148 Å². The van der Waals surface area contributed by atoms with E-state index in [4.69, 9.17) is 16.3 Å². The van der Waals surface area contributed by atoms with Crippen molar-refractivity contribution in [1.82, 2.24) is 10.8 Å². The SMILES string of the molecule is CC(C)(C)OC(=O)N[C@H]1CS(=O)(=O)c2cc(F)c(C(=O)NOC(=O)C(C)(C)F)cc2N(Cc2ccc(Cl)cc2)C1=O. The highest BCUT2D eigenvalue weighted by Gasteiger charge is 2.40. The number of rotatable bonds is 5. The molecule has 2 aromatic carbocycles. The van der Waals surface area contributed by atoms with E-state index in [-0.39, 0.29) is 12.2 Å². The number of hydrogen-bond donors (Lipinski definition) is 2. The van der Waals surface area contributed by atoms with Crippen LogP contribution in [0.15, 0.2) is 41.3 Å². The molecule has 0 saturated carbocycles. The number of carbonyl (C=O) groups is 4. The van der Waals surface area contributed by atoms with E-state index in [9.17, 15) is 32.0 Å². The van der Waals surface area contributed by atoms with Crippen LogP contribution < -0.4 is 15.7 Å². The fourth-order valence-electron chi connectivity index (χ4n) is 3.62. The van der Waals surface area contributed by atoms with Crippen molar-refractivity contribution in [2.24, 2.45) is 0 Å². The Bertz CT molecular complexity index is 1490. The average molecular weight is 616 g/mol. The minimum atomic E-state index is -4.45. The maximum absolute atomic E-state index is 15.1. The molecule has 3 amide bonds. The monoisotopic (exact) mass is 615 g/mol. The molecule has 0 unspecified atom stereocenters.